The lowest BCUT2D eigenvalue weighted by molar-refractivity contribution is 0.0697. The van der Waals surface area contributed by atoms with Crippen LogP contribution in [0.3, 0.4) is 0 Å². The van der Waals surface area contributed by atoms with E-state index in [1.165, 1.54) is 30.3 Å². The van der Waals surface area contributed by atoms with Crippen LogP contribution >= 0.6 is 11.6 Å². The van der Waals surface area contributed by atoms with Gasteiger partial charge in [0, 0.05) is 34.9 Å². The highest BCUT2D eigenvalue weighted by Crippen LogP contribution is 2.47. The minimum Gasteiger partial charge on any atom is -0.506 e. The molecule has 4 rings (SSSR count). The van der Waals surface area contributed by atoms with Gasteiger partial charge in [-0.05, 0) is 54.1 Å². The van der Waals surface area contributed by atoms with Crippen LogP contribution in [-0.4, -0.2) is 34.5 Å². The molecule has 170 valence electrons. The Bertz CT molecular complexity index is 1340. The third-order valence-electron chi connectivity index (χ3n) is 5.70. The molecular formula is C26H23ClFNO4. The Morgan fingerprint density at radius 1 is 1.06 bits per heavy atom. The minimum atomic E-state index is -1.02. The molecule has 2 N–H and O–H groups in total. The summed E-state index contributed by atoms with van der Waals surface area (Å²) in [6.07, 6.45) is 0. The molecular weight excluding hydrogens is 445 g/mol. The highest BCUT2D eigenvalue weighted by Gasteiger charge is 2.33. The second kappa shape index (κ2) is 8.54. The summed E-state index contributed by atoms with van der Waals surface area (Å²) >= 11 is 6.64. The zero-order chi connectivity index (χ0) is 23.9. The van der Waals surface area contributed by atoms with Gasteiger partial charge in [0.1, 0.15) is 11.6 Å². The number of aromatic carboxylic acids is 1. The van der Waals surface area contributed by atoms with E-state index in [-0.39, 0.29) is 22.2 Å². The number of rotatable bonds is 6. The Balaban J connectivity index is 2.18. The summed E-state index contributed by atoms with van der Waals surface area (Å²) in [7, 11) is 1.62. The molecule has 0 atom stereocenters. The fourth-order valence-electron chi connectivity index (χ4n) is 4.32. The average Bonchev–Trinajstić information content (AvgIpc) is 3.13. The molecule has 0 aliphatic rings. The molecule has 7 heteroatoms. The molecule has 1 heterocycles. The van der Waals surface area contributed by atoms with E-state index in [1.54, 1.807) is 37.4 Å². The van der Waals surface area contributed by atoms with Crippen LogP contribution in [0.1, 0.15) is 29.9 Å². The Hall–Kier alpha value is -3.35. The average molecular weight is 468 g/mol. The van der Waals surface area contributed by atoms with Crippen LogP contribution < -0.4 is 0 Å². The maximum atomic E-state index is 13.7. The zero-order valence-corrected chi connectivity index (χ0v) is 19.2. The summed E-state index contributed by atoms with van der Waals surface area (Å²) in [6.45, 7) is 4.41. The van der Waals surface area contributed by atoms with Crippen molar-refractivity contribution < 1.29 is 24.1 Å². The molecule has 0 bridgehead atoms. The second-order valence-corrected chi connectivity index (χ2v) is 8.91. The van der Waals surface area contributed by atoms with Gasteiger partial charge in [-0.25, -0.2) is 9.18 Å². The van der Waals surface area contributed by atoms with E-state index in [9.17, 15) is 19.4 Å². The highest BCUT2D eigenvalue weighted by atomic mass is 35.5. The van der Waals surface area contributed by atoms with Crippen LogP contribution in [0.25, 0.3) is 27.7 Å². The number of aromatic hydroxyl groups is 1. The number of carboxylic acid groups (broad SMARTS) is 1. The van der Waals surface area contributed by atoms with Crippen molar-refractivity contribution in [2.75, 3.05) is 13.7 Å². The van der Waals surface area contributed by atoms with Gasteiger partial charge in [-0.1, -0.05) is 37.6 Å². The number of phenols is 1. The number of benzene rings is 3. The van der Waals surface area contributed by atoms with Crippen LogP contribution in [0.5, 0.6) is 5.75 Å². The number of hydrogen-bond acceptors (Lipinski definition) is 3. The summed E-state index contributed by atoms with van der Waals surface area (Å²) in [6, 6.07) is 15.9. The number of fused-ring (bicyclic) bond motifs is 1. The van der Waals surface area contributed by atoms with E-state index < -0.39 is 11.4 Å². The van der Waals surface area contributed by atoms with E-state index in [0.717, 1.165) is 28.0 Å². The van der Waals surface area contributed by atoms with Gasteiger partial charge in [0.05, 0.1) is 22.7 Å². The quantitative estimate of drug-likeness (QED) is 0.343. The number of halogens is 2. The number of ether oxygens (including phenoxy) is 1. The Morgan fingerprint density at radius 2 is 1.70 bits per heavy atom. The first-order chi connectivity index (χ1) is 15.7. The Kier molecular flexibility index (Phi) is 5.91. The molecule has 0 radical (unpaired) electrons. The molecule has 1 aromatic heterocycles. The topological polar surface area (TPSA) is 71.7 Å². The van der Waals surface area contributed by atoms with Gasteiger partial charge in [-0.15, -0.1) is 0 Å². The van der Waals surface area contributed by atoms with E-state index in [2.05, 4.69) is 0 Å². The second-order valence-electron chi connectivity index (χ2n) is 8.53. The van der Waals surface area contributed by atoms with Crippen molar-refractivity contribution in [3.63, 3.8) is 0 Å². The van der Waals surface area contributed by atoms with Crippen molar-refractivity contribution in [2.24, 2.45) is 0 Å². The fourth-order valence-corrected chi connectivity index (χ4v) is 4.57. The smallest absolute Gasteiger partial charge is 0.335 e. The molecule has 0 amide bonds. The lowest BCUT2D eigenvalue weighted by Gasteiger charge is -2.28. The van der Waals surface area contributed by atoms with Gasteiger partial charge in [-0.3, -0.25) is 0 Å². The maximum Gasteiger partial charge on any atom is 0.335 e. The van der Waals surface area contributed by atoms with Gasteiger partial charge in [0.15, 0.2) is 0 Å². The van der Waals surface area contributed by atoms with Gasteiger partial charge >= 0.3 is 5.97 Å². The summed E-state index contributed by atoms with van der Waals surface area (Å²) < 4.78 is 21.2. The number of carboxylic acids is 1. The maximum absolute atomic E-state index is 13.7. The van der Waals surface area contributed by atoms with E-state index in [4.69, 9.17) is 16.3 Å². The van der Waals surface area contributed by atoms with E-state index in [1.807, 2.05) is 18.4 Å². The van der Waals surface area contributed by atoms with Crippen molar-refractivity contribution in [1.82, 2.24) is 4.57 Å². The van der Waals surface area contributed by atoms with Gasteiger partial charge in [0.2, 0.25) is 0 Å². The van der Waals surface area contributed by atoms with Crippen molar-refractivity contribution in [3.8, 4) is 22.6 Å². The van der Waals surface area contributed by atoms with Crippen LogP contribution in [-0.2, 0) is 10.2 Å². The van der Waals surface area contributed by atoms with Crippen molar-refractivity contribution in [1.29, 1.82) is 0 Å². The van der Waals surface area contributed by atoms with Gasteiger partial charge in [0.25, 0.3) is 0 Å². The fraction of sp³-hybridized carbons (Fsp3) is 0.192. The molecule has 0 aliphatic carbocycles. The first kappa shape index (κ1) is 22.8. The summed E-state index contributed by atoms with van der Waals surface area (Å²) in [4.78, 5) is 11.4. The number of nitrogens with zero attached hydrogens (tertiary/aromatic N) is 1. The van der Waals surface area contributed by atoms with Crippen molar-refractivity contribution >= 4 is 28.5 Å². The molecule has 0 saturated heterocycles. The third kappa shape index (κ3) is 3.96. The van der Waals surface area contributed by atoms with Crippen molar-refractivity contribution in [2.45, 2.75) is 19.3 Å². The Morgan fingerprint density at radius 3 is 2.27 bits per heavy atom. The first-order valence-electron chi connectivity index (χ1n) is 10.3. The molecule has 0 spiro atoms. The number of hydrogen-bond donors (Lipinski definition) is 2. The van der Waals surface area contributed by atoms with Gasteiger partial charge in [-0.2, -0.15) is 0 Å². The zero-order valence-electron chi connectivity index (χ0n) is 18.4. The third-order valence-corrected chi connectivity index (χ3v) is 6.09. The molecule has 0 saturated carbocycles. The normalized spacial score (nSPS) is 11.8. The Labute approximate surface area is 195 Å². The highest BCUT2D eigenvalue weighted by molar-refractivity contribution is 6.38. The number of carbonyl (C=O) groups is 1. The van der Waals surface area contributed by atoms with E-state index in [0.29, 0.717) is 12.0 Å². The largest absolute Gasteiger partial charge is 0.506 e. The molecule has 0 fully saturated rings. The van der Waals surface area contributed by atoms with Crippen LogP contribution in [0, 0.1) is 5.82 Å². The SMILES string of the molecule is COCC(C)(C)c1c(-c2ccc(C(=O)O)cc2)c2c(Cl)c(O)ccc2n1-c1ccc(F)cc1. The summed E-state index contributed by atoms with van der Waals surface area (Å²) in [5.74, 6) is -1.45. The van der Waals surface area contributed by atoms with Crippen LogP contribution in [0.2, 0.25) is 5.02 Å². The molecule has 4 aromatic rings. The molecule has 0 aliphatic heterocycles. The summed E-state index contributed by atoms with van der Waals surface area (Å²) in [5, 5.41) is 20.5. The predicted molar refractivity (Wildman–Crippen MR) is 127 cm³/mol. The van der Waals surface area contributed by atoms with Gasteiger partial charge < -0.3 is 19.5 Å². The number of methoxy groups -OCH3 is 1. The molecule has 5 nitrogen and oxygen atoms in total. The minimum absolute atomic E-state index is 0.0695. The van der Waals surface area contributed by atoms with Crippen LogP contribution in [0.15, 0.2) is 60.7 Å². The standard InChI is InChI=1S/C26H23ClFNO4/c1-26(2,14-33-3)24-21(15-4-6-16(7-5-15)25(31)32)22-19(12-13-20(30)23(22)27)29(24)18-10-8-17(28)9-11-18/h4-13,30H,14H2,1-3H3,(H,31,32). The van der Waals surface area contributed by atoms with E-state index >= 15 is 0 Å². The lowest BCUT2D eigenvalue weighted by Crippen LogP contribution is -2.27. The monoisotopic (exact) mass is 467 g/mol. The van der Waals surface area contributed by atoms with Crippen molar-refractivity contribution in [3.05, 3.63) is 82.8 Å². The number of aromatic nitrogens is 1. The molecule has 3 aromatic carbocycles. The number of phenolic OH excluding ortho intramolecular Hbond substituents is 1. The molecule has 0 unspecified atom stereocenters. The molecule has 33 heavy (non-hydrogen) atoms. The summed E-state index contributed by atoms with van der Waals surface area (Å²) in [5.41, 5.74) is 3.37. The predicted octanol–water partition coefficient (Wildman–Crippen LogP) is 6.42. The van der Waals surface area contributed by atoms with Crippen LogP contribution in [0.4, 0.5) is 4.39 Å². The lowest BCUT2D eigenvalue weighted by atomic mass is 9.84. The first-order valence-corrected chi connectivity index (χ1v) is 10.7.